The van der Waals surface area contributed by atoms with Gasteiger partial charge < -0.3 is 48.1 Å². The lowest BCUT2D eigenvalue weighted by molar-refractivity contribution is 0.141. The molecule has 6 rings (SSSR count). The van der Waals surface area contributed by atoms with Crippen LogP contribution in [0.5, 0.6) is 0 Å². The summed E-state index contributed by atoms with van der Waals surface area (Å²) in [5, 5.41) is 26.2. The molecule has 2 heterocycles. The van der Waals surface area contributed by atoms with Gasteiger partial charge in [0.1, 0.15) is 6.10 Å². The summed E-state index contributed by atoms with van der Waals surface area (Å²) in [6.45, 7) is 14.1. The predicted octanol–water partition coefficient (Wildman–Crippen LogP) is 11.7. The second-order valence-electron chi connectivity index (χ2n) is 18.7. The molecule has 0 amide bonds. The van der Waals surface area contributed by atoms with Crippen molar-refractivity contribution in [2.24, 2.45) is 0 Å². The summed E-state index contributed by atoms with van der Waals surface area (Å²) in [5.41, 5.74) is 19.6. The van der Waals surface area contributed by atoms with Crippen LogP contribution in [0.15, 0.2) is 97.8 Å². The number of fused-ring (bicyclic) bond motifs is 4. The number of pyridine rings is 2. The van der Waals surface area contributed by atoms with Crippen LogP contribution in [0.2, 0.25) is 0 Å². The lowest BCUT2D eigenvalue weighted by Crippen LogP contribution is -2.37. The van der Waals surface area contributed by atoms with Gasteiger partial charge in [0.15, 0.2) is 0 Å². The molecule has 0 fully saturated rings. The summed E-state index contributed by atoms with van der Waals surface area (Å²) in [5.74, 6) is 0. The van der Waals surface area contributed by atoms with E-state index in [1.54, 1.807) is 6.26 Å². The highest BCUT2D eigenvalue weighted by Gasteiger charge is 2.08. The van der Waals surface area contributed by atoms with Gasteiger partial charge in [0.25, 0.3) is 0 Å². The Morgan fingerprint density at radius 1 is 0.397 bits per heavy atom. The first-order valence-electron chi connectivity index (χ1n) is 26.3. The average molecular weight is 925 g/mol. The molecule has 0 aliphatic heterocycles. The van der Waals surface area contributed by atoms with Crippen LogP contribution in [0.25, 0.3) is 43.6 Å². The van der Waals surface area contributed by atoms with E-state index >= 15 is 0 Å². The Balaban J connectivity index is 0.637. The molecule has 0 saturated carbocycles. The standard InChI is InChI=1S/C57H84N10O/c1-2-68-53(43-62-33-15-9-5-3-7-13-29-60-31-17-11-19-35-64-51-27-23-47-37-45-21-25-49(58)39-54(45)66-56(47)41-51)44-63-34-16-10-6-4-8-14-30-61-32-18-12-20-36-65-52-28-24-48-38-46-22-26-50(59)40-55(46)67-57(48)42-52/h2,21-28,37-42,53,60-65H,1,3-20,29-36,43-44,58-59H2. The molecule has 0 aliphatic carbocycles. The molecule has 11 heteroatoms. The van der Waals surface area contributed by atoms with Gasteiger partial charge in [-0.1, -0.05) is 95.1 Å². The number of unbranched alkanes of at least 4 members (excludes halogenated alkanes) is 14. The average Bonchev–Trinajstić information content (AvgIpc) is 3.34. The van der Waals surface area contributed by atoms with Gasteiger partial charge in [-0.2, -0.15) is 0 Å². The van der Waals surface area contributed by atoms with Gasteiger partial charge in [-0.15, -0.1) is 0 Å². The molecule has 4 aromatic carbocycles. The van der Waals surface area contributed by atoms with Crippen LogP contribution in [0.1, 0.15) is 116 Å². The fraction of sp³-hybridized carbons (Fsp3) is 0.509. The highest BCUT2D eigenvalue weighted by atomic mass is 16.5. The molecule has 6 aromatic rings. The SMILES string of the molecule is C=COC(CNCCCCCCCCNCCCCCNc1ccc2cc3ccc(N)cc3nc2c1)CNCCCCCCCCNCCCCCNc1ccc2cc3ccc(N)cc3nc2c1. The molecule has 2 aromatic heterocycles. The van der Waals surface area contributed by atoms with Gasteiger partial charge in [0, 0.05) is 70.5 Å². The van der Waals surface area contributed by atoms with Crippen molar-refractivity contribution >= 4 is 66.4 Å². The molecule has 0 saturated heterocycles. The molecule has 10 N–H and O–H groups in total. The van der Waals surface area contributed by atoms with E-state index in [-0.39, 0.29) is 6.10 Å². The van der Waals surface area contributed by atoms with E-state index in [1.165, 1.54) is 116 Å². The van der Waals surface area contributed by atoms with E-state index in [9.17, 15) is 0 Å². The Bertz CT molecular complexity index is 2190. The number of aromatic nitrogens is 2. The maximum atomic E-state index is 5.97. The Morgan fingerprint density at radius 3 is 1.12 bits per heavy atom. The summed E-state index contributed by atoms with van der Waals surface area (Å²) in [7, 11) is 0. The second kappa shape index (κ2) is 31.0. The van der Waals surface area contributed by atoms with E-state index < -0.39 is 0 Å². The third-order valence-electron chi connectivity index (χ3n) is 12.9. The summed E-state index contributed by atoms with van der Waals surface area (Å²) in [6, 6.07) is 29.1. The number of ether oxygens (including phenoxy) is 1. The highest BCUT2D eigenvalue weighted by molar-refractivity contribution is 5.96. The van der Waals surface area contributed by atoms with Crippen molar-refractivity contribution in [2.45, 2.75) is 122 Å². The minimum atomic E-state index is 0.133. The minimum absolute atomic E-state index is 0.133. The van der Waals surface area contributed by atoms with Gasteiger partial charge in [0.05, 0.1) is 28.3 Å². The lowest BCUT2D eigenvalue weighted by atomic mass is 10.1. The smallest absolute Gasteiger partial charge is 0.122 e. The number of benzene rings is 4. The zero-order valence-electron chi connectivity index (χ0n) is 41.2. The maximum absolute atomic E-state index is 5.97. The van der Waals surface area contributed by atoms with Crippen LogP contribution in [0.3, 0.4) is 0 Å². The van der Waals surface area contributed by atoms with Gasteiger partial charge in [-0.25, -0.2) is 9.97 Å². The minimum Gasteiger partial charge on any atom is -0.496 e. The summed E-state index contributed by atoms with van der Waals surface area (Å²) in [4.78, 5) is 9.66. The number of nitrogens with two attached hydrogens (primary N) is 2. The Labute approximate surface area is 407 Å². The topological polar surface area (TPSA) is 159 Å². The van der Waals surface area contributed by atoms with Crippen LogP contribution in [-0.2, 0) is 4.74 Å². The third kappa shape index (κ3) is 19.4. The summed E-state index contributed by atoms with van der Waals surface area (Å²) < 4.78 is 5.78. The monoisotopic (exact) mass is 925 g/mol. The number of rotatable bonds is 38. The molecule has 0 unspecified atom stereocenters. The first-order chi connectivity index (χ1) is 33.5. The summed E-state index contributed by atoms with van der Waals surface area (Å²) >= 11 is 0. The summed E-state index contributed by atoms with van der Waals surface area (Å²) in [6.07, 6.45) is 24.5. The van der Waals surface area contributed by atoms with E-state index in [0.29, 0.717) is 0 Å². The van der Waals surface area contributed by atoms with Crippen molar-refractivity contribution in [1.82, 2.24) is 31.2 Å². The van der Waals surface area contributed by atoms with Crippen LogP contribution in [0, 0.1) is 0 Å². The van der Waals surface area contributed by atoms with Crippen molar-refractivity contribution in [3.05, 3.63) is 97.8 Å². The van der Waals surface area contributed by atoms with Crippen LogP contribution in [-0.4, -0.2) is 81.5 Å². The quantitative estimate of drug-likeness (QED) is 0.00808. The largest absolute Gasteiger partial charge is 0.496 e. The number of hydrogen-bond acceptors (Lipinski definition) is 11. The van der Waals surface area contributed by atoms with Crippen molar-refractivity contribution in [1.29, 1.82) is 0 Å². The number of hydrogen-bond donors (Lipinski definition) is 8. The molecular weight excluding hydrogens is 841 g/mol. The zero-order chi connectivity index (χ0) is 47.3. The second-order valence-corrected chi connectivity index (χ2v) is 18.7. The van der Waals surface area contributed by atoms with E-state index in [2.05, 4.69) is 87.0 Å². The molecular formula is C57H84N10O. The van der Waals surface area contributed by atoms with Gasteiger partial charge in [-0.3, -0.25) is 0 Å². The number of nitrogens with one attached hydrogen (secondary N) is 6. The van der Waals surface area contributed by atoms with Crippen molar-refractivity contribution < 1.29 is 4.74 Å². The number of nitrogens with zero attached hydrogens (tertiary/aromatic N) is 2. The fourth-order valence-electron chi connectivity index (χ4n) is 8.96. The predicted molar refractivity (Wildman–Crippen MR) is 294 cm³/mol. The molecule has 0 radical (unpaired) electrons. The van der Waals surface area contributed by atoms with Crippen molar-refractivity contribution in [3.63, 3.8) is 0 Å². The molecule has 11 nitrogen and oxygen atoms in total. The molecule has 0 spiro atoms. The van der Waals surface area contributed by atoms with Gasteiger partial charge in [0.2, 0.25) is 0 Å². The number of nitrogen functional groups attached to an aromatic ring is 2. The van der Waals surface area contributed by atoms with E-state index in [1.807, 2.05) is 36.4 Å². The first kappa shape index (κ1) is 52.2. The van der Waals surface area contributed by atoms with Crippen LogP contribution in [0.4, 0.5) is 22.7 Å². The highest BCUT2D eigenvalue weighted by Crippen LogP contribution is 2.26. The van der Waals surface area contributed by atoms with Gasteiger partial charge in [-0.05, 0) is 151 Å². The molecule has 68 heavy (non-hydrogen) atoms. The Hall–Kier alpha value is -5.20. The first-order valence-corrected chi connectivity index (χ1v) is 26.3. The van der Waals surface area contributed by atoms with E-state index in [4.69, 9.17) is 26.2 Å². The van der Waals surface area contributed by atoms with Crippen LogP contribution >= 0.6 is 0 Å². The molecule has 0 atom stereocenters. The van der Waals surface area contributed by atoms with Crippen LogP contribution < -0.4 is 43.4 Å². The Kier molecular flexibility index (Phi) is 23.8. The van der Waals surface area contributed by atoms with Gasteiger partial charge >= 0.3 is 0 Å². The normalized spacial score (nSPS) is 11.7. The van der Waals surface area contributed by atoms with Crippen molar-refractivity contribution in [2.75, 3.05) is 87.5 Å². The molecule has 368 valence electrons. The maximum Gasteiger partial charge on any atom is 0.122 e. The molecule has 0 bridgehead atoms. The fourth-order valence-corrected chi connectivity index (χ4v) is 8.96. The lowest BCUT2D eigenvalue weighted by Gasteiger charge is -2.18. The van der Waals surface area contributed by atoms with Crippen molar-refractivity contribution in [3.8, 4) is 0 Å². The molecule has 0 aliphatic rings. The Morgan fingerprint density at radius 2 is 0.721 bits per heavy atom. The number of anilines is 4. The van der Waals surface area contributed by atoms with E-state index in [0.717, 1.165) is 132 Å². The third-order valence-corrected chi connectivity index (χ3v) is 12.9. The zero-order valence-corrected chi connectivity index (χ0v) is 41.2.